The Morgan fingerprint density at radius 1 is 1.36 bits per heavy atom. The molecule has 168 valence electrons. The van der Waals surface area contributed by atoms with Crippen LogP contribution in [0.1, 0.15) is 40.7 Å². The minimum Gasteiger partial charge on any atom is -0.457 e. The first-order valence-electron chi connectivity index (χ1n) is 10.5. The Balaban J connectivity index is 1.38. The maximum Gasteiger partial charge on any atom is 0.250 e. The molecule has 0 fully saturated rings. The van der Waals surface area contributed by atoms with Gasteiger partial charge in [-0.05, 0) is 79.7 Å². The Labute approximate surface area is 207 Å². The molecule has 1 atom stereocenters. The number of carbonyl (C=O) groups excluding carboxylic acids is 1. The van der Waals surface area contributed by atoms with Crippen molar-refractivity contribution in [3.63, 3.8) is 0 Å². The SMILES string of the molecule is Cc1ccc(-c2ccc(/C=C/C(=O)NC(=S)Nc3sc4c(c3C#N)CC[C@@H](C)C4)o2)cc1Cl. The highest BCUT2D eigenvalue weighted by Gasteiger charge is 2.24. The van der Waals surface area contributed by atoms with Gasteiger partial charge in [0.25, 0.3) is 0 Å². The van der Waals surface area contributed by atoms with Crippen LogP contribution >= 0.6 is 35.2 Å². The van der Waals surface area contributed by atoms with E-state index in [1.807, 2.05) is 31.2 Å². The summed E-state index contributed by atoms with van der Waals surface area (Å²) in [5.74, 6) is 1.41. The van der Waals surface area contributed by atoms with E-state index in [1.165, 1.54) is 11.0 Å². The summed E-state index contributed by atoms with van der Waals surface area (Å²) in [4.78, 5) is 13.5. The molecule has 1 aliphatic rings. The summed E-state index contributed by atoms with van der Waals surface area (Å²) < 4.78 is 5.79. The number of amides is 1. The fourth-order valence-electron chi connectivity index (χ4n) is 3.75. The number of rotatable bonds is 4. The van der Waals surface area contributed by atoms with Crippen LogP contribution < -0.4 is 10.6 Å². The van der Waals surface area contributed by atoms with Crippen molar-refractivity contribution in [2.75, 3.05) is 5.32 Å². The maximum absolute atomic E-state index is 12.3. The number of hydrogen-bond donors (Lipinski definition) is 2. The zero-order chi connectivity index (χ0) is 23.5. The van der Waals surface area contributed by atoms with E-state index in [-0.39, 0.29) is 5.11 Å². The molecule has 1 aliphatic carbocycles. The second-order valence-corrected chi connectivity index (χ2v) is 10.0. The molecule has 2 N–H and O–H groups in total. The van der Waals surface area contributed by atoms with Gasteiger partial charge in [0.05, 0.1) is 5.56 Å². The van der Waals surface area contributed by atoms with Gasteiger partial charge in [0.2, 0.25) is 5.91 Å². The summed E-state index contributed by atoms with van der Waals surface area (Å²) in [6, 6.07) is 11.6. The van der Waals surface area contributed by atoms with E-state index in [0.29, 0.717) is 33.0 Å². The smallest absolute Gasteiger partial charge is 0.250 e. The standard InChI is InChI=1S/C25H22ClN3O2S2/c1-14-3-8-18-19(13-27)24(33-22(18)11-14)29-25(32)28-23(30)10-7-17-6-9-21(31-17)16-5-4-15(2)20(26)12-16/h4-7,9-10,12,14H,3,8,11H2,1-2H3,(H2,28,29,30,32)/b10-7+/t14-/m1/s1. The minimum absolute atomic E-state index is 0.155. The van der Waals surface area contributed by atoms with Crippen LogP contribution in [0.4, 0.5) is 5.00 Å². The molecule has 4 rings (SSSR count). The van der Waals surface area contributed by atoms with Crippen LogP contribution in [0.15, 0.2) is 40.8 Å². The van der Waals surface area contributed by atoms with Gasteiger partial charge in [-0.2, -0.15) is 5.26 Å². The monoisotopic (exact) mass is 495 g/mol. The largest absolute Gasteiger partial charge is 0.457 e. The lowest BCUT2D eigenvalue weighted by Crippen LogP contribution is -2.32. The van der Waals surface area contributed by atoms with Gasteiger partial charge in [-0.3, -0.25) is 10.1 Å². The molecule has 0 unspecified atom stereocenters. The molecule has 0 spiro atoms. The molecule has 8 heteroatoms. The van der Waals surface area contributed by atoms with E-state index in [1.54, 1.807) is 23.5 Å². The molecule has 3 aromatic rings. The number of nitrogens with zero attached hydrogens (tertiary/aromatic N) is 1. The van der Waals surface area contributed by atoms with E-state index in [0.717, 1.165) is 36.0 Å². The summed E-state index contributed by atoms with van der Waals surface area (Å²) in [5.41, 5.74) is 3.60. The fraction of sp³-hybridized carbons (Fsp3) is 0.240. The molecule has 1 amide bonds. The van der Waals surface area contributed by atoms with Gasteiger partial charge in [-0.15, -0.1) is 11.3 Å². The van der Waals surface area contributed by atoms with Crippen molar-refractivity contribution in [2.45, 2.75) is 33.1 Å². The first kappa shape index (κ1) is 23.2. The van der Waals surface area contributed by atoms with Gasteiger partial charge in [0, 0.05) is 21.5 Å². The number of thiophene rings is 1. The molecule has 0 aliphatic heterocycles. The van der Waals surface area contributed by atoms with Crippen LogP contribution in [-0.4, -0.2) is 11.0 Å². The highest BCUT2D eigenvalue weighted by Crippen LogP contribution is 2.39. The number of aryl methyl sites for hydroxylation is 1. The summed E-state index contributed by atoms with van der Waals surface area (Å²) in [5, 5.41) is 16.8. The van der Waals surface area contributed by atoms with E-state index in [9.17, 15) is 10.1 Å². The number of halogens is 1. The van der Waals surface area contributed by atoms with Crippen LogP contribution in [0.3, 0.4) is 0 Å². The third kappa shape index (κ3) is 5.36. The predicted octanol–water partition coefficient (Wildman–Crippen LogP) is 6.49. The zero-order valence-electron chi connectivity index (χ0n) is 18.2. The molecular formula is C25H22ClN3O2S2. The van der Waals surface area contributed by atoms with Crippen molar-refractivity contribution in [2.24, 2.45) is 5.92 Å². The second-order valence-electron chi connectivity index (χ2n) is 8.11. The average Bonchev–Trinajstić information content (AvgIpc) is 3.37. The lowest BCUT2D eigenvalue weighted by molar-refractivity contribution is -0.115. The Morgan fingerprint density at radius 3 is 2.94 bits per heavy atom. The van der Waals surface area contributed by atoms with Gasteiger partial charge >= 0.3 is 0 Å². The summed E-state index contributed by atoms with van der Waals surface area (Å²) in [6.45, 7) is 4.16. The Bertz CT molecular complexity index is 1300. The highest BCUT2D eigenvalue weighted by molar-refractivity contribution is 7.80. The van der Waals surface area contributed by atoms with E-state index in [2.05, 4.69) is 23.6 Å². The summed E-state index contributed by atoms with van der Waals surface area (Å²) in [7, 11) is 0. The molecule has 0 bridgehead atoms. The van der Waals surface area contributed by atoms with Crippen LogP contribution in [-0.2, 0) is 17.6 Å². The number of fused-ring (bicyclic) bond motifs is 1. The quantitative estimate of drug-likeness (QED) is 0.319. The van der Waals surface area contributed by atoms with Crippen molar-refractivity contribution in [1.29, 1.82) is 5.26 Å². The van der Waals surface area contributed by atoms with Gasteiger partial charge in [0.15, 0.2) is 5.11 Å². The van der Waals surface area contributed by atoms with E-state index < -0.39 is 5.91 Å². The molecule has 0 radical (unpaired) electrons. The third-order valence-corrected chi connectivity index (χ3v) is 7.35. The lowest BCUT2D eigenvalue weighted by atomic mass is 9.89. The third-order valence-electron chi connectivity index (χ3n) is 5.57. The van der Waals surface area contributed by atoms with Crippen molar-refractivity contribution >= 4 is 57.3 Å². The zero-order valence-corrected chi connectivity index (χ0v) is 20.6. The number of benzene rings is 1. The van der Waals surface area contributed by atoms with Crippen molar-refractivity contribution < 1.29 is 9.21 Å². The molecule has 1 aromatic carbocycles. The lowest BCUT2D eigenvalue weighted by Gasteiger charge is -2.17. The molecule has 33 heavy (non-hydrogen) atoms. The number of anilines is 1. The number of nitrogens with one attached hydrogen (secondary N) is 2. The average molecular weight is 496 g/mol. The highest BCUT2D eigenvalue weighted by atomic mass is 35.5. The minimum atomic E-state index is -0.391. The normalized spacial score (nSPS) is 15.2. The van der Waals surface area contributed by atoms with E-state index in [4.69, 9.17) is 28.2 Å². The van der Waals surface area contributed by atoms with Gasteiger partial charge in [-0.1, -0.05) is 30.7 Å². The molecule has 0 saturated carbocycles. The van der Waals surface area contributed by atoms with Crippen molar-refractivity contribution in [3.8, 4) is 17.4 Å². The topological polar surface area (TPSA) is 78.1 Å². The van der Waals surface area contributed by atoms with Gasteiger partial charge in [-0.25, -0.2) is 0 Å². The Hall–Kier alpha value is -2.92. The molecule has 0 saturated heterocycles. The summed E-state index contributed by atoms with van der Waals surface area (Å²) >= 11 is 13.0. The number of nitriles is 1. The van der Waals surface area contributed by atoms with Gasteiger partial charge in [0.1, 0.15) is 22.6 Å². The molecule has 2 heterocycles. The molecule has 5 nitrogen and oxygen atoms in total. The molecule has 2 aromatic heterocycles. The Kier molecular flexibility index (Phi) is 6.99. The number of hydrogen-bond acceptors (Lipinski definition) is 5. The maximum atomic E-state index is 12.3. The van der Waals surface area contributed by atoms with Crippen LogP contribution in [0.25, 0.3) is 17.4 Å². The summed E-state index contributed by atoms with van der Waals surface area (Å²) in [6.07, 6.45) is 5.88. The van der Waals surface area contributed by atoms with Crippen molar-refractivity contribution in [1.82, 2.24) is 5.32 Å². The first-order chi connectivity index (χ1) is 15.8. The van der Waals surface area contributed by atoms with E-state index >= 15 is 0 Å². The van der Waals surface area contributed by atoms with Crippen LogP contribution in [0, 0.1) is 24.2 Å². The number of carbonyl (C=O) groups is 1. The fourth-order valence-corrected chi connectivity index (χ4v) is 5.56. The second kappa shape index (κ2) is 9.92. The van der Waals surface area contributed by atoms with Crippen molar-refractivity contribution in [3.05, 3.63) is 68.8 Å². The van der Waals surface area contributed by atoms with Crippen LogP contribution in [0.5, 0.6) is 0 Å². The number of thiocarbonyl (C=S) groups is 1. The molecular weight excluding hydrogens is 474 g/mol. The Morgan fingerprint density at radius 2 is 2.18 bits per heavy atom. The van der Waals surface area contributed by atoms with Gasteiger partial charge < -0.3 is 9.73 Å². The predicted molar refractivity (Wildman–Crippen MR) is 138 cm³/mol. The van der Waals surface area contributed by atoms with Crippen LogP contribution in [0.2, 0.25) is 5.02 Å². The first-order valence-corrected chi connectivity index (χ1v) is 12.2. The number of furan rings is 1.